The maximum absolute atomic E-state index is 11.3. The summed E-state index contributed by atoms with van der Waals surface area (Å²) in [5, 5.41) is 9.12. The molecule has 2 aromatic rings. The van der Waals surface area contributed by atoms with E-state index < -0.39 is 10.0 Å². The molecule has 0 atom stereocenters. The molecule has 0 amide bonds. The first-order chi connectivity index (χ1) is 6.50. The average molecular weight is 211 g/mol. The molecule has 14 heavy (non-hydrogen) atoms. The zero-order chi connectivity index (χ0) is 10.3. The molecule has 6 heteroatoms. The molecule has 0 fully saturated rings. The quantitative estimate of drug-likeness (QED) is 0.736. The minimum atomic E-state index is -3.70. The second kappa shape index (κ2) is 2.79. The van der Waals surface area contributed by atoms with Gasteiger partial charge in [0.05, 0.1) is 11.2 Å². The average Bonchev–Trinajstić information content (AvgIpc) is 2.38. The Morgan fingerprint density at radius 1 is 1.43 bits per heavy atom. The summed E-state index contributed by atoms with van der Waals surface area (Å²) in [6.45, 7) is 1.62. The highest BCUT2D eigenvalue weighted by Crippen LogP contribution is 2.18. The van der Waals surface area contributed by atoms with Gasteiger partial charge in [0, 0.05) is 6.20 Å². The molecule has 5 nitrogen and oxygen atoms in total. The largest absolute Gasteiger partial charge is 0.242 e. The van der Waals surface area contributed by atoms with E-state index in [0.29, 0.717) is 11.2 Å². The maximum Gasteiger partial charge on any atom is 0.242 e. The molecule has 0 aliphatic rings. The molecule has 0 aliphatic carbocycles. The van der Waals surface area contributed by atoms with Gasteiger partial charge >= 0.3 is 0 Å². The first kappa shape index (κ1) is 9.17. The number of sulfonamides is 1. The van der Waals surface area contributed by atoms with Gasteiger partial charge in [-0.05, 0) is 19.1 Å². The van der Waals surface area contributed by atoms with Gasteiger partial charge in [0.2, 0.25) is 10.0 Å². The Morgan fingerprint density at radius 2 is 2.14 bits per heavy atom. The Bertz CT molecular complexity index is 586. The van der Waals surface area contributed by atoms with Crippen molar-refractivity contribution in [1.29, 1.82) is 0 Å². The topological polar surface area (TPSA) is 77.5 Å². The van der Waals surface area contributed by atoms with Gasteiger partial charge in [-0.25, -0.2) is 18.1 Å². The van der Waals surface area contributed by atoms with Crippen LogP contribution in [0.3, 0.4) is 0 Å². The molecule has 0 saturated carbocycles. The molecule has 0 bridgehead atoms. The Labute approximate surface area is 81.2 Å². The van der Waals surface area contributed by atoms with Crippen LogP contribution < -0.4 is 5.14 Å². The van der Waals surface area contributed by atoms with E-state index in [4.69, 9.17) is 5.14 Å². The van der Waals surface area contributed by atoms with Crippen LogP contribution >= 0.6 is 0 Å². The Balaban J connectivity index is 2.95. The fourth-order valence-corrected chi connectivity index (χ4v) is 2.35. The normalized spacial score (nSPS) is 12.1. The predicted octanol–water partition coefficient (Wildman–Crippen LogP) is 0.290. The second-order valence-corrected chi connectivity index (χ2v) is 4.49. The third kappa shape index (κ3) is 1.28. The number of fused-ring (bicyclic) bond motifs is 1. The minimum absolute atomic E-state index is 0.0955. The molecular weight excluding hydrogens is 202 g/mol. The molecule has 2 N–H and O–H groups in total. The molecule has 2 heterocycles. The van der Waals surface area contributed by atoms with E-state index >= 15 is 0 Å². The van der Waals surface area contributed by atoms with Crippen LogP contribution in [0.1, 0.15) is 5.69 Å². The highest BCUT2D eigenvalue weighted by atomic mass is 32.2. The molecular formula is C8H9N3O2S. The van der Waals surface area contributed by atoms with Crippen molar-refractivity contribution >= 4 is 15.5 Å². The van der Waals surface area contributed by atoms with Crippen molar-refractivity contribution < 1.29 is 8.42 Å². The molecule has 0 aromatic carbocycles. The fraction of sp³-hybridized carbons (Fsp3) is 0.125. The van der Waals surface area contributed by atoms with Crippen LogP contribution in [0.15, 0.2) is 29.3 Å². The summed E-state index contributed by atoms with van der Waals surface area (Å²) in [4.78, 5) is 0.0955. The monoisotopic (exact) mass is 211 g/mol. The van der Waals surface area contributed by atoms with Crippen molar-refractivity contribution in [1.82, 2.24) is 9.61 Å². The summed E-state index contributed by atoms with van der Waals surface area (Å²) in [5.41, 5.74) is 0.922. The molecule has 74 valence electrons. The maximum atomic E-state index is 11.3. The smallest absolute Gasteiger partial charge is 0.239 e. The Kier molecular flexibility index (Phi) is 1.83. The number of nitrogens with zero attached hydrogens (tertiary/aromatic N) is 2. The Morgan fingerprint density at radius 3 is 2.79 bits per heavy atom. The number of aromatic nitrogens is 2. The molecule has 2 aromatic heterocycles. The zero-order valence-electron chi connectivity index (χ0n) is 7.51. The van der Waals surface area contributed by atoms with E-state index in [1.54, 1.807) is 31.3 Å². The van der Waals surface area contributed by atoms with E-state index in [-0.39, 0.29) is 4.90 Å². The standard InChI is InChI=1S/C8H9N3O2S/c1-6-8(14(9,12)13)7-4-2-3-5-11(7)10-6/h2-5H,1H3,(H2,9,12,13). The lowest BCUT2D eigenvalue weighted by Crippen LogP contribution is -2.12. The van der Waals surface area contributed by atoms with Gasteiger partial charge < -0.3 is 0 Å². The van der Waals surface area contributed by atoms with Crippen molar-refractivity contribution in [3.8, 4) is 0 Å². The van der Waals surface area contributed by atoms with Crippen molar-refractivity contribution in [2.45, 2.75) is 11.8 Å². The van der Waals surface area contributed by atoms with Gasteiger partial charge in [-0.15, -0.1) is 0 Å². The SMILES string of the molecule is Cc1nn2ccccc2c1S(N)(=O)=O. The highest BCUT2D eigenvalue weighted by Gasteiger charge is 2.18. The summed E-state index contributed by atoms with van der Waals surface area (Å²) in [5.74, 6) is 0. The number of primary sulfonamides is 1. The van der Waals surface area contributed by atoms with Crippen molar-refractivity contribution in [3.05, 3.63) is 30.1 Å². The van der Waals surface area contributed by atoms with E-state index in [1.165, 1.54) is 4.52 Å². The van der Waals surface area contributed by atoms with E-state index in [2.05, 4.69) is 5.10 Å². The first-order valence-corrected chi connectivity index (χ1v) is 5.51. The summed E-state index contributed by atoms with van der Waals surface area (Å²) in [7, 11) is -3.70. The molecule has 0 spiro atoms. The van der Waals surface area contributed by atoms with Crippen LogP contribution in [-0.2, 0) is 10.0 Å². The van der Waals surface area contributed by atoms with Gasteiger partial charge in [0.1, 0.15) is 4.90 Å². The lowest BCUT2D eigenvalue weighted by molar-refractivity contribution is 0.598. The molecule has 0 aliphatic heterocycles. The van der Waals surface area contributed by atoms with E-state index in [1.807, 2.05) is 0 Å². The molecule has 2 rings (SSSR count). The number of pyridine rings is 1. The first-order valence-electron chi connectivity index (χ1n) is 3.97. The van der Waals surface area contributed by atoms with Gasteiger partial charge in [-0.1, -0.05) is 6.07 Å². The van der Waals surface area contributed by atoms with Gasteiger partial charge in [0.25, 0.3) is 0 Å². The summed E-state index contributed by atoms with van der Waals surface area (Å²) >= 11 is 0. The molecule has 0 saturated heterocycles. The van der Waals surface area contributed by atoms with Crippen LogP contribution in [0.4, 0.5) is 0 Å². The molecule has 0 radical (unpaired) electrons. The van der Waals surface area contributed by atoms with Gasteiger partial charge in [0.15, 0.2) is 0 Å². The zero-order valence-corrected chi connectivity index (χ0v) is 8.32. The van der Waals surface area contributed by atoms with Crippen LogP contribution in [-0.4, -0.2) is 18.0 Å². The summed E-state index contributed by atoms with van der Waals surface area (Å²) < 4.78 is 24.0. The lowest BCUT2D eigenvalue weighted by Gasteiger charge is -1.95. The number of hydrogen-bond acceptors (Lipinski definition) is 3. The summed E-state index contributed by atoms with van der Waals surface area (Å²) in [6.07, 6.45) is 1.68. The lowest BCUT2D eigenvalue weighted by atomic mass is 10.4. The second-order valence-electron chi connectivity index (χ2n) is 2.99. The van der Waals surface area contributed by atoms with E-state index in [0.717, 1.165) is 0 Å². The third-order valence-corrected chi connectivity index (χ3v) is 3.02. The number of nitrogens with two attached hydrogens (primary N) is 1. The van der Waals surface area contributed by atoms with Crippen LogP contribution in [0.2, 0.25) is 0 Å². The van der Waals surface area contributed by atoms with Crippen molar-refractivity contribution in [2.24, 2.45) is 5.14 Å². The van der Waals surface area contributed by atoms with Crippen molar-refractivity contribution in [3.63, 3.8) is 0 Å². The predicted molar refractivity (Wildman–Crippen MR) is 51.3 cm³/mol. The van der Waals surface area contributed by atoms with Gasteiger partial charge in [-0.3, -0.25) is 0 Å². The molecule has 0 unspecified atom stereocenters. The van der Waals surface area contributed by atoms with Crippen LogP contribution in [0, 0.1) is 6.92 Å². The fourth-order valence-electron chi connectivity index (χ4n) is 1.45. The van der Waals surface area contributed by atoms with Crippen LogP contribution in [0.25, 0.3) is 5.52 Å². The number of hydrogen-bond donors (Lipinski definition) is 1. The summed E-state index contributed by atoms with van der Waals surface area (Å²) in [6, 6.07) is 5.18. The highest BCUT2D eigenvalue weighted by molar-refractivity contribution is 7.89. The number of aryl methyl sites for hydroxylation is 1. The Hall–Kier alpha value is -1.40. The van der Waals surface area contributed by atoms with Gasteiger partial charge in [-0.2, -0.15) is 5.10 Å². The third-order valence-electron chi connectivity index (χ3n) is 1.94. The minimum Gasteiger partial charge on any atom is -0.239 e. The number of rotatable bonds is 1. The van der Waals surface area contributed by atoms with Crippen LogP contribution in [0.5, 0.6) is 0 Å². The van der Waals surface area contributed by atoms with Crippen molar-refractivity contribution in [2.75, 3.05) is 0 Å². The van der Waals surface area contributed by atoms with E-state index in [9.17, 15) is 8.42 Å².